The highest BCUT2D eigenvalue weighted by Gasteiger charge is 2.14. The average molecular weight is 604 g/mol. The SMILES string of the molecule is COc1ccc(CCNC(=O)CCCCCn2c(SCc3ccc(F)cc3Cl)nc3ccsc3c2=O)cc1OC. The smallest absolute Gasteiger partial charge is 0.272 e. The number of nitrogens with zero attached hydrogens (tertiary/aromatic N) is 2. The zero-order valence-electron chi connectivity index (χ0n) is 22.4. The topological polar surface area (TPSA) is 82.5 Å². The monoisotopic (exact) mass is 603 g/mol. The summed E-state index contributed by atoms with van der Waals surface area (Å²) in [4.78, 5) is 30.2. The number of aromatic nitrogens is 2. The molecule has 4 rings (SSSR count). The highest BCUT2D eigenvalue weighted by atomic mass is 35.5. The van der Waals surface area contributed by atoms with E-state index in [0.717, 1.165) is 30.4 Å². The van der Waals surface area contributed by atoms with E-state index in [2.05, 4.69) is 5.32 Å². The van der Waals surface area contributed by atoms with Gasteiger partial charge >= 0.3 is 0 Å². The van der Waals surface area contributed by atoms with Crippen molar-refractivity contribution in [1.82, 2.24) is 14.9 Å². The quantitative estimate of drug-likeness (QED) is 0.101. The number of methoxy groups -OCH3 is 2. The minimum atomic E-state index is -0.389. The molecule has 4 aromatic rings. The minimum Gasteiger partial charge on any atom is -0.493 e. The third-order valence-corrected chi connectivity index (χ3v) is 8.64. The fourth-order valence-corrected chi connectivity index (χ4v) is 6.34. The molecule has 40 heavy (non-hydrogen) atoms. The van der Waals surface area contributed by atoms with Gasteiger partial charge in [-0.25, -0.2) is 9.37 Å². The van der Waals surface area contributed by atoms with Crippen molar-refractivity contribution in [2.45, 2.75) is 49.6 Å². The van der Waals surface area contributed by atoms with Gasteiger partial charge in [-0.1, -0.05) is 41.9 Å². The summed E-state index contributed by atoms with van der Waals surface area (Å²) >= 11 is 8.97. The van der Waals surface area contributed by atoms with E-state index in [1.807, 2.05) is 29.6 Å². The molecule has 2 aromatic heterocycles. The molecule has 0 saturated carbocycles. The van der Waals surface area contributed by atoms with Crippen molar-refractivity contribution >= 4 is 50.8 Å². The molecule has 1 N–H and O–H groups in total. The molecule has 1 amide bonds. The Morgan fingerprint density at radius 1 is 1.10 bits per heavy atom. The molecule has 7 nitrogen and oxygen atoms in total. The Hall–Kier alpha value is -3.08. The molecule has 0 fully saturated rings. The molecule has 11 heteroatoms. The summed E-state index contributed by atoms with van der Waals surface area (Å²) in [5.74, 6) is 1.42. The molecular formula is C29H31ClFN3O4S2. The molecule has 2 aromatic carbocycles. The summed E-state index contributed by atoms with van der Waals surface area (Å²) < 4.78 is 26.3. The summed E-state index contributed by atoms with van der Waals surface area (Å²) in [5.41, 5.74) is 2.43. The third kappa shape index (κ3) is 7.77. The van der Waals surface area contributed by atoms with Gasteiger partial charge in [0.25, 0.3) is 5.56 Å². The Balaban J connectivity index is 1.26. The molecule has 0 saturated heterocycles. The van der Waals surface area contributed by atoms with Crippen molar-refractivity contribution in [3.63, 3.8) is 0 Å². The van der Waals surface area contributed by atoms with Crippen molar-refractivity contribution < 1.29 is 18.7 Å². The van der Waals surface area contributed by atoms with Crippen LogP contribution in [0.3, 0.4) is 0 Å². The number of thioether (sulfide) groups is 1. The summed E-state index contributed by atoms with van der Waals surface area (Å²) in [6, 6.07) is 11.9. The van der Waals surface area contributed by atoms with Gasteiger partial charge in [0.2, 0.25) is 5.91 Å². The highest BCUT2D eigenvalue weighted by molar-refractivity contribution is 7.98. The lowest BCUT2D eigenvalue weighted by Gasteiger charge is -2.12. The van der Waals surface area contributed by atoms with Crippen LogP contribution in [0.2, 0.25) is 5.02 Å². The number of carbonyl (C=O) groups is 1. The van der Waals surface area contributed by atoms with Gasteiger partial charge in [0.05, 0.1) is 19.7 Å². The number of unbranched alkanes of at least 4 members (excludes halogenated alkanes) is 2. The molecule has 0 aliphatic rings. The van der Waals surface area contributed by atoms with E-state index in [0.29, 0.717) is 63.6 Å². The van der Waals surface area contributed by atoms with Crippen LogP contribution < -0.4 is 20.3 Å². The fourth-order valence-electron chi connectivity index (χ4n) is 4.21. The number of hydrogen-bond donors (Lipinski definition) is 1. The zero-order chi connectivity index (χ0) is 28.5. The molecule has 212 valence electrons. The number of thiophene rings is 1. The Kier molecular flexibility index (Phi) is 10.9. The zero-order valence-corrected chi connectivity index (χ0v) is 24.8. The number of benzene rings is 2. The first-order chi connectivity index (χ1) is 19.4. The molecule has 0 unspecified atom stereocenters. The van der Waals surface area contributed by atoms with Crippen LogP contribution in [0.15, 0.2) is 57.8 Å². The Morgan fingerprint density at radius 2 is 1.93 bits per heavy atom. The third-order valence-electron chi connectivity index (χ3n) is 6.37. The van der Waals surface area contributed by atoms with Crippen LogP contribution in [0.25, 0.3) is 10.2 Å². The van der Waals surface area contributed by atoms with Gasteiger partial charge in [-0.2, -0.15) is 0 Å². The van der Waals surface area contributed by atoms with Crippen molar-refractivity contribution in [3.8, 4) is 11.5 Å². The molecule has 2 heterocycles. The van der Waals surface area contributed by atoms with E-state index in [4.69, 9.17) is 26.1 Å². The van der Waals surface area contributed by atoms with E-state index in [1.54, 1.807) is 24.9 Å². The number of carbonyl (C=O) groups excluding carboxylic acids is 1. The first-order valence-electron chi connectivity index (χ1n) is 12.9. The van der Waals surface area contributed by atoms with Crippen LogP contribution in [0.5, 0.6) is 11.5 Å². The number of ether oxygens (including phenoxy) is 2. The molecule has 0 bridgehead atoms. The van der Waals surface area contributed by atoms with Crippen molar-refractivity contribution in [2.75, 3.05) is 20.8 Å². The standard InChI is InChI=1S/C29H31ClFN3O4S2/c1-37-24-10-7-19(16-25(24)38-2)11-13-32-26(35)6-4-3-5-14-34-28(36)27-23(12-15-39-27)33-29(34)40-18-20-8-9-21(31)17-22(20)30/h7-10,12,15-17H,3-6,11,13-14,18H2,1-2H3,(H,32,35). The van der Waals surface area contributed by atoms with Crippen LogP contribution in [0.1, 0.15) is 36.8 Å². The molecule has 0 aliphatic heterocycles. The molecule has 0 radical (unpaired) electrons. The Labute approximate surface area is 245 Å². The number of amides is 1. The maximum absolute atomic E-state index is 13.4. The van der Waals surface area contributed by atoms with Crippen molar-refractivity contribution in [2.24, 2.45) is 0 Å². The van der Waals surface area contributed by atoms with E-state index >= 15 is 0 Å². The summed E-state index contributed by atoms with van der Waals surface area (Å²) in [6.07, 6.45) is 3.37. The van der Waals surface area contributed by atoms with Crippen molar-refractivity contribution in [3.05, 3.63) is 80.2 Å². The van der Waals surface area contributed by atoms with Crippen LogP contribution in [0.4, 0.5) is 4.39 Å². The van der Waals surface area contributed by atoms with Crippen LogP contribution in [-0.2, 0) is 23.5 Å². The summed E-state index contributed by atoms with van der Waals surface area (Å²) in [6.45, 7) is 1.04. The van der Waals surface area contributed by atoms with Crippen LogP contribution >= 0.6 is 34.7 Å². The average Bonchev–Trinajstić information content (AvgIpc) is 3.42. The molecular weight excluding hydrogens is 573 g/mol. The van der Waals surface area contributed by atoms with Crippen LogP contribution in [0, 0.1) is 5.82 Å². The van der Waals surface area contributed by atoms with Gasteiger partial charge in [-0.3, -0.25) is 14.2 Å². The fraction of sp³-hybridized carbons (Fsp3) is 0.345. The lowest BCUT2D eigenvalue weighted by molar-refractivity contribution is -0.121. The maximum atomic E-state index is 13.4. The molecule has 0 atom stereocenters. The van der Waals surface area contributed by atoms with Gasteiger partial charge in [0.15, 0.2) is 16.7 Å². The number of rotatable bonds is 14. The number of halogens is 2. The number of fused-ring (bicyclic) bond motifs is 1. The van der Waals surface area contributed by atoms with Gasteiger partial charge in [-0.15, -0.1) is 11.3 Å². The highest BCUT2D eigenvalue weighted by Crippen LogP contribution is 2.29. The van der Waals surface area contributed by atoms with E-state index < -0.39 is 0 Å². The lowest BCUT2D eigenvalue weighted by Crippen LogP contribution is -2.25. The second-order valence-electron chi connectivity index (χ2n) is 9.11. The summed E-state index contributed by atoms with van der Waals surface area (Å²) in [7, 11) is 3.19. The van der Waals surface area contributed by atoms with E-state index in [1.165, 1.54) is 35.2 Å². The second-order valence-corrected chi connectivity index (χ2v) is 11.4. The molecule has 0 spiro atoms. The normalized spacial score (nSPS) is 11.1. The van der Waals surface area contributed by atoms with E-state index in [9.17, 15) is 14.0 Å². The Bertz CT molecular complexity index is 1530. The van der Waals surface area contributed by atoms with E-state index in [-0.39, 0.29) is 17.3 Å². The first kappa shape index (κ1) is 29.9. The van der Waals surface area contributed by atoms with Gasteiger partial charge in [-0.05, 0) is 66.1 Å². The first-order valence-corrected chi connectivity index (χ1v) is 15.2. The van der Waals surface area contributed by atoms with Crippen LogP contribution in [-0.4, -0.2) is 36.2 Å². The van der Waals surface area contributed by atoms with Gasteiger partial charge in [0.1, 0.15) is 10.5 Å². The van der Waals surface area contributed by atoms with Gasteiger partial charge in [0, 0.05) is 30.3 Å². The predicted octanol–water partition coefficient (Wildman–Crippen LogP) is 6.48. The molecule has 0 aliphatic carbocycles. The largest absolute Gasteiger partial charge is 0.493 e. The Morgan fingerprint density at radius 3 is 2.70 bits per heavy atom. The van der Waals surface area contributed by atoms with Gasteiger partial charge < -0.3 is 14.8 Å². The lowest BCUT2D eigenvalue weighted by atomic mass is 10.1. The summed E-state index contributed by atoms with van der Waals surface area (Å²) in [5, 5.41) is 5.78. The number of nitrogens with one attached hydrogen (secondary N) is 1. The minimum absolute atomic E-state index is 0.00624. The van der Waals surface area contributed by atoms with Crippen molar-refractivity contribution in [1.29, 1.82) is 0 Å². The second kappa shape index (κ2) is 14.5. The maximum Gasteiger partial charge on any atom is 0.272 e. The predicted molar refractivity (Wildman–Crippen MR) is 160 cm³/mol. The number of hydrogen-bond acceptors (Lipinski definition) is 7.